The molecular weight excluding hydrogens is 292 g/mol. The summed E-state index contributed by atoms with van der Waals surface area (Å²) in [7, 11) is 0. The van der Waals surface area contributed by atoms with Gasteiger partial charge >= 0.3 is 0 Å². The molecule has 108 valence electrons. The van der Waals surface area contributed by atoms with E-state index in [1.54, 1.807) is 12.1 Å². The predicted molar refractivity (Wildman–Crippen MR) is 83.0 cm³/mol. The summed E-state index contributed by atoms with van der Waals surface area (Å²) in [6.07, 6.45) is 1.50. The molecule has 0 aliphatic carbocycles. The third-order valence-electron chi connectivity index (χ3n) is 2.69. The molecular formula is C15H13ClN2O3. The van der Waals surface area contributed by atoms with Gasteiger partial charge in [0.25, 0.3) is 5.69 Å². The van der Waals surface area contributed by atoms with Gasteiger partial charge in [-0.25, -0.2) is 0 Å². The van der Waals surface area contributed by atoms with Gasteiger partial charge < -0.3 is 4.74 Å². The maximum atomic E-state index is 10.7. The maximum Gasteiger partial charge on any atom is 0.270 e. The van der Waals surface area contributed by atoms with Crippen LogP contribution in [0.3, 0.4) is 0 Å². The molecule has 0 atom stereocenters. The minimum absolute atomic E-state index is 0.0208. The Morgan fingerprint density at radius 3 is 2.62 bits per heavy atom. The van der Waals surface area contributed by atoms with Crippen LogP contribution in [0.25, 0.3) is 0 Å². The molecule has 5 nitrogen and oxygen atoms in total. The van der Waals surface area contributed by atoms with Gasteiger partial charge in [0.1, 0.15) is 5.75 Å². The minimum Gasteiger partial charge on any atom is -0.494 e. The average Bonchev–Trinajstić information content (AvgIpc) is 2.48. The third kappa shape index (κ3) is 4.03. The molecule has 0 fully saturated rings. The van der Waals surface area contributed by atoms with Gasteiger partial charge in [-0.15, -0.1) is 0 Å². The summed E-state index contributed by atoms with van der Waals surface area (Å²) in [6, 6.07) is 11.5. The third-order valence-corrected chi connectivity index (χ3v) is 3.04. The molecule has 0 amide bonds. The number of benzene rings is 2. The van der Waals surface area contributed by atoms with Crippen molar-refractivity contribution in [3.63, 3.8) is 0 Å². The number of halogens is 1. The Balaban J connectivity index is 2.20. The fourth-order valence-corrected chi connectivity index (χ4v) is 1.85. The van der Waals surface area contributed by atoms with Crippen LogP contribution in [0.2, 0.25) is 5.02 Å². The standard InChI is InChI=1S/C15H13ClN2O3/c1-2-21-14-6-3-12(4-7-14)17-10-11-9-13(18(19)20)5-8-15(11)16/h3-10H,2H2,1H3/b17-10+. The summed E-state index contributed by atoms with van der Waals surface area (Å²) in [4.78, 5) is 14.5. The van der Waals surface area contributed by atoms with Crippen molar-refractivity contribution in [3.05, 3.63) is 63.2 Å². The quantitative estimate of drug-likeness (QED) is 0.467. The Morgan fingerprint density at radius 1 is 1.29 bits per heavy atom. The summed E-state index contributed by atoms with van der Waals surface area (Å²) in [6.45, 7) is 2.52. The fraction of sp³-hybridized carbons (Fsp3) is 0.133. The largest absolute Gasteiger partial charge is 0.494 e. The number of nitro benzene ring substituents is 1. The number of rotatable bonds is 5. The molecule has 2 aromatic carbocycles. The first kappa shape index (κ1) is 15.0. The van der Waals surface area contributed by atoms with Crippen molar-refractivity contribution in [1.82, 2.24) is 0 Å². The van der Waals surface area contributed by atoms with Gasteiger partial charge in [-0.3, -0.25) is 15.1 Å². The minimum atomic E-state index is -0.468. The first-order valence-electron chi connectivity index (χ1n) is 6.31. The van der Waals surface area contributed by atoms with Crippen LogP contribution < -0.4 is 4.74 Å². The Morgan fingerprint density at radius 2 is 2.00 bits per heavy atom. The zero-order chi connectivity index (χ0) is 15.2. The highest BCUT2D eigenvalue weighted by atomic mass is 35.5. The van der Waals surface area contributed by atoms with Crippen molar-refractivity contribution in [3.8, 4) is 5.75 Å². The second kappa shape index (κ2) is 6.85. The van der Waals surface area contributed by atoms with Crippen LogP contribution in [0.5, 0.6) is 5.75 Å². The maximum absolute atomic E-state index is 10.7. The van der Waals surface area contributed by atoms with E-state index in [1.807, 2.05) is 19.1 Å². The summed E-state index contributed by atoms with van der Waals surface area (Å²) < 4.78 is 5.34. The molecule has 0 radical (unpaired) electrons. The van der Waals surface area contributed by atoms with E-state index in [4.69, 9.17) is 16.3 Å². The molecule has 0 heterocycles. The number of hydrogen-bond acceptors (Lipinski definition) is 4. The second-order valence-corrected chi connectivity index (χ2v) is 4.56. The van der Waals surface area contributed by atoms with E-state index in [-0.39, 0.29) is 5.69 Å². The number of non-ortho nitro benzene ring substituents is 1. The Kier molecular flexibility index (Phi) is 4.90. The van der Waals surface area contributed by atoms with Crippen molar-refractivity contribution >= 4 is 29.2 Å². The molecule has 0 N–H and O–H groups in total. The molecule has 2 rings (SSSR count). The monoisotopic (exact) mass is 304 g/mol. The fourth-order valence-electron chi connectivity index (χ4n) is 1.68. The number of aliphatic imine (C=N–C) groups is 1. The zero-order valence-corrected chi connectivity index (χ0v) is 12.1. The lowest BCUT2D eigenvalue weighted by molar-refractivity contribution is -0.384. The van der Waals surface area contributed by atoms with E-state index in [0.717, 1.165) is 5.75 Å². The van der Waals surface area contributed by atoms with E-state index >= 15 is 0 Å². The lowest BCUT2D eigenvalue weighted by Crippen LogP contribution is -1.91. The van der Waals surface area contributed by atoms with E-state index in [1.165, 1.54) is 24.4 Å². The lowest BCUT2D eigenvalue weighted by Gasteiger charge is -2.02. The molecule has 6 heteroatoms. The predicted octanol–water partition coefficient (Wildman–Crippen LogP) is 4.40. The molecule has 0 spiro atoms. The van der Waals surface area contributed by atoms with Crippen molar-refractivity contribution in [1.29, 1.82) is 0 Å². The van der Waals surface area contributed by atoms with Gasteiger partial charge in [-0.2, -0.15) is 0 Å². The Labute approximate surface area is 127 Å². The van der Waals surface area contributed by atoms with E-state index in [9.17, 15) is 10.1 Å². The van der Waals surface area contributed by atoms with E-state index in [2.05, 4.69) is 4.99 Å². The molecule has 21 heavy (non-hydrogen) atoms. The van der Waals surface area contributed by atoms with Gasteiger partial charge in [-0.1, -0.05) is 11.6 Å². The van der Waals surface area contributed by atoms with Gasteiger partial charge in [0.2, 0.25) is 0 Å². The van der Waals surface area contributed by atoms with Gasteiger partial charge in [0, 0.05) is 28.9 Å². The van der Waals surface area contributed by atoms with Crippen LogP contribution in [0.4, 0.5) is 11.4 Å². The van der Waals surface area contributed by atoms with Crippen molar-refractivity contribution < 1.29 is 9.66 Å². The number of nitro groups is 1. The highest BCUT2D eigenvalue weighted by molar-refractivity contribution is 6.33. The molecule has 0 aliphatic heterocycles. The highest BCUT2D eigenvalue weighted by Gasteiger charge is 2.08. The van der Waals surface area contributed by atoms with Gasteiger partial charge in [0.15, 0.2) is 0 Å². The van der Waals surface area contributed by atoms with Crippen LogP contribution in [0, 0.1) is 10.1 Å². The first-order chi connectivity index (χ1) is 10.1. The SMILES string of the molecule is CCOc1ccc(/N=C/c2cc([N+](=O)[O-])ccc2Cl)cc1. The van der Waals surface area contributed by atoms with Crippen LogP contribution in [-0.2, 0) is 0 Å². The summed E-state index contributed by atoms with van der Waals surface area (Å²) in [5.74, 6) is 0.768. The van der Waals surface area contributed by atoms with Crippen LogP contribution in [0.1, 0.15) is 12.5 Å². The molecule has 0 saturated heterocycles. The normalized spacial score (nSPS) is 10.8. The molecule has 0 saturated carbocycles. The van der Waals surface area contributed by atoms with Crippen LogP contribution >= 0.6 is 11.6 Å². The van der Waals surface area contributed by atoms with Crippen LogP contribution in [0.15, 0.2) is 47.5 Å². The number of hydrogen-bond donors (Lipinski definition) is 0. The van der Waals surface area contributed by atoms with Crippen molar-refractivity contribution in [2.75, 3.05) is 6.61 Å². The number of ether oxygens (including phenoxy) is 1. The highest BCUT2D eigenvalue weighted by Crippen LogP contribution is 2.22. The first-order valence-corrected chi connectivity index (χ1v) is 6.69. The zero-order valence-electron chi connectivity index (χ0n) is 11.3. The molecule has 0 bridgehead atoms. The summed E-state index contributed by atoms with van der Waals surface area (Å²) in [5, 5.41) is 11.2. The molecule has 0 unspecified atom stereocenters. The van der Waals surface area contributed by atoms with E-state index < -0.39 is 4.92 Å². The van der Waals surface area contributed by atoms with Gasteiger partial charge in [-0.05, 0) is 37.3 Å². The smallest absolute Gasteiger partial charge is 0.270 e. The molecule has 0 aliphatic rings. The summed E-state index contributed by atoms with van der Waals surface area (Å²) in [5.41, 5.74) is 1.19. The van der Waals surface area contributed by atoms with Gasteiger partial charge in [0.05, 0.1) is 17.2 Å². The lowest BCUT2D eigenvalue weighted by atomic mass is 10.2. The van der Waals surface area contributed by atoms with Crippen LogP contribution in [-0.4, -0.2) is 17.7 Å². The molecule has 2 aromatic rings. The Hall–Kier alpha value is -2.40. The summed E-state index contributed by atoms with van der Waals surface area (Å²) >= 11 is 6.00. The van der Waals surface area contributed by atoms with Crippen molar-refractivity contribution in [2.24, 2.45) is 4.99 Å². The van der Waals surface area contributed by atoms with E-state index in [0.29, 0.717) is 22.9 Å². The topological polar surface area (TPSA) is 64.7 Å². The second-order valence-electron chi connectivity index (χ2n) is 4.15. The number of nitrogens with zero attached hydrogens (tertiary/aromatic N) is 2. The average molecular weight is 305 g/mol. The molecule has 0 aromatic heterocycles. The Bertz CT molecular complexity index is 669. The van der Waals surface area contributed by atoms with Crippen molar-refractivity contribution in [2.45, 2.75) is 6.92 Å².